The monoisotopic (exact) mass is 303 g/mol. The zero-order valence-electron chi connectivity index (χ0n) is 11.9. The summed E-state index contributed by atoms with van der Waals surface area (Å²) < 4.78 is 1.42. The van der Waals surface area contributed by atoms with E-state index in [1.54, 1.807) is 11.3 Å². The fourth-order valence-corrected chi connectivity index (χ4v) is 5.26. The maximum absolute atomic E-state index is 6.36. The van der Waals surface area contributed by atoms with Crippen molar-refractivity contribution in [2.75, 3.05) is 12.0 Å². The van der Waals surface area contributed by atoms with E-state index in [1.165, 1.54) is 53.0 Å². The fourth-order valence-electron chi connectivity index (χ4n) is 3.26. The van der Waals surface area contributed by atoms with Crippen molar-refractivity contribution in [3.05, 3.63) is 35.9 Å². The number of thiophene rings is 1. The highest BCUT2D eigenvalue weighted by atomic mass is 32.2. The fraction of sp³-hybridized carbons (Fsp3) is 0.412. The Bertz CT molecular complexity index is 568. The third kappa shape index (κ3) is 2.61. The van der Waals surface area contributed by atoms with E-state index in [4.69, 9.17) is 5.73 Å². The summed E-state index contributed by atoms with van der Waals surface area (Å²) in [4.78, 5) is 0. The van der Waals surface area contributed by atoms with Crippen LogP contribution in [-0.2, 0) is 0 Å². The molecule has 0 spiro atoms. The van der Waals surface area contributed by atoms with Crippen molar-refractivity contribution in [1.82, 2.24) is 0 Å². The van der Waals surface area contributed by atoms with Crippen LogP contribution >= 0.6 is 23.1 Å². The van der Waals surface area contributed by atoms with Gasteiger partial charge in [0, 0.05) is 5.56 Å². The molecule has 0 amide bonds. The normalized spacial score (nSPS) is 16.4. The van der Waals surface area contributed by atoms with Gasteiger partial charge in [-0.1, -0.05) is 49.6 Å². The quantitative estimate of drug-likeness (QED) is 0.729. The van der Waals surface area contributed by atoms with Crippen LogP contribution in [0.15, 0.2) is 34.5 Å². The molecule has 0 atom stereocenters. The van der Waals surface area contributed by atoms with Crippen LogP contribution in [0, 0.1) is 0 Å². The average molecular weight is 303 g/mol. The molecule has 20 heavy (non-hydrogen) atoms. The molecule has 0 saturated heterocycles. The van der Waals surface area contributed by atoms with E-state index in [0.29, 0.717) is 5.92 Å². The minimum atomic E-state index is 0.704. The van der Waals surface area contributed by atoms with Crippen LogP contribution in [0.5, 0.6) is 0 Å². The van der Waals surface area contributed by atoms with Crippen molar-refractivity contribution in [2.24, 2.45) is 0 Å². The number of rotatable bonds is 3. The number of benzene rings is 1. The first kappa shape index (κ1) is 14.0. The third-order valence-corrected chi connectivity index (χ3v) is 6.37. The second-order valence-electron chi connectivity index (χ2n) is 5.45. The number of thioether (sulfide) groups is 1. The number of nitrogen functional groups attached to an aromatic ring is 1. The highest BCUT2D eigenvalue weighted by molar-refractivity contribution is 8.00. The summed E-state index contributed by atoms with van der Waals surface area (Å²) >= 11 is 3.63. The number of nitrogens with two attached hydrogens (primary N) is 1. The lowest BCUT2D eigenvalue weighted by Crippen LogP contribution is -2.06. The second-order valence-corrected chi connectivity index (χ2v) is 7.57. The van der Waals surface area contributed by atoms with E-state index in [9.17, 15) is 0 Å². The average Bonchev–Trinajstić information content (AvgIpc) is 2.85. The van der Waals surface area contributed by atoms with Crippen molar-refractivity contribution in [3.63, 3.8) is 0 Å². The second kappa shape index (κ2) is 6.23. The summed E-state index contributed by atoms with van der Waals surface area (Å²) in [5.41, 5.74) is 10.5. The topological polar surface area (TPSA) is 26.0 Å². The molecule has 1 saturated carbocycles. The Hall–Kier alpha value is -0.930. The third-order valence-electron chi connectivity index (χ3n) is 4.20. The molecule has 1 aromatic carbocycles. The van der Waals surface area contributed by atoms with E-state index in [0.717, 1.165) is 5.00 Å². The summed E-state index contributed by atoms with van der Waals surface area (Å²) in [7, 11) is 0. The predicted octanol–water partition coefficient (Wildman–Crippen LogP) is 5.77. The summed E-state index contributed by atoms with van der Waals surface area (Å²) in [5.74, 6) is 0.704. The van der Waals surface area contributed by atoms with Gasteiger partial charge in [0.15, 0.2) is 0 Å². The van der Waals surface area contributed by atoms with Gasteiger partial charge < -0.3 is 5.73 Å². The Balaban J connectivity index is 2.10. The van der Waals surface area contributed by atoms with Crippen molar-refractivity contribution < 1.29 is 0 Å². The van der Waals surface area contributed by atoms with Crippen LogP contribution in [0.25, 0.3) is 11.1 Å². The Morgan fingerprint density at radius 1 is 1.10 bits per heavy atom. The smallest absolute Gasteiger partial charge is 0.0950 e. The highest BCUT2D eigenvalue weighted by Crippen LogP contribution is 2.49. The lowest BCUT2D eigenvalue weighted by atomic mass is 9.82. The van der Waals surface area contributed by atoms with Gasteiger partial charge in [0.2, 0.25) is 0 Å². The van der Waals surface area contributed by atoms with Crippen LogP contribution < -0.4 is 5.73 Å². The van der Waals surface area contributed by atoms with Gasteiger partial charge in [-0.3, -0.25) is 0 Å². The maximum Gasteiger partial charge on any atom is 0.0950 e. The van der Waals surface area contributed by atoms with E-state index < -0.39 is 0 Å². The molecule has 0 unspecified atom stereocenters. The molecule has 106 valence electrons. The molecule has 1 aliphatic carbocycles. The first-order valence-corrected chi connectivity index (χ1v) is 9.37. The Labute approximate surface area is 129 Å². The van der Waals surface area contributed by atoms with Gasteiger partial charge in [-0.2, -0.15) is 0 Å². The largest absolute Gasteiger partial charge is 0.390 e. The van der Waals surface area contributed by atoms with Gasteiger partial charge in [0.05, 0.1) is 9.21 Å². The standard InChI is InChI=1S/C17H21NS2/c1-19-17-15(13-10-6-3-7-11-13)14(16(18)20-17)12-8-4-2-5-9-12/h2,4-5,8-9,13H,3,6-7,10-11,18H2,1H3. The minimum Gasteiger partial charge on any atom is -0.390 e. The van der Waals surface area contributed by atoms with Crippen molar-refractivity contribution in [3.8, 4) is 11.1 Å². The molecule has 3 rings (SSSR count). The molecule has 0 radical (unpaired) electrons. The van der Waals surface area contributed by atoms with Gasteiger partial charge in [0.25, 0.3) is 0 Å². The van der Waals surface area contributed by atoms with Crippen LogP contribution in [-0.4, -0.2) is 6.26 Å². The molecule has 2 aromatic rings. The molecule has 2 N–H and O–H groups in total. The van der Waals surface area contributed by atoms with Crippen LogP contribution in [0.3, 0.4) is 0 Å². The lowest BCUT2D eigenvalue weighted by Gasteiger charge is -2.23. The van der Waals surface area contributed by atoms with E-state index >= 15 is 0 Å². The molecule has 3 heteroatoms. The summed E-state index contributed by atoms with van der Waals surface area (Å²) in [5, 5.41) is 0.987. The van der Waals surface area contributed by atoms with Gasteiger partial charge in [-0.05, 0) is 36.1 Å². The van der Waals surface area contributed by atoms with Crippen molar-refractivity contribution in [1.29, 1.82) is 0 Å². The number of hydrogen-bond acceptors (Lipinski definition) is 3. The molecule has 1 aromatic heterocycles. The summed E-state index contributed by atoms with van der Waals surface area (Å²) in [6.07, 6.45) is 8.94. The maximum atomic E-state index is 6.36. The van der Waals surface area contributed by atoms with E-state index in [1.807, 2.05) is 11.8 Å². The summed E-state index contributed by atoms with van der Waals surface area (Å²) in [6, 6.07) is 10.7. The lowest BCUT2D eigenvalue weighted by molar-refractivity contribution is 0.442. The number of hydrogen-bond donors (Lipinski definition) is 1. The predicted molar refractivity (Wildman–Crippen MR) is 91.8 cm³/mol. The van der Waals surface area contributed by atoms with Gasteiger partial charge in [-0.25, -0.2) is 0 Å². The molecule has 1 fully saturated rings. The molecular formula is C17H21NS2. The first-order valence-electron chi connectivity index (χ1n) is 7.33. The minimum absolute atomic E-state index is 0.704. The SMILES string of the molecule is CSc1sc(N)c(-c2ccccc2)c1C1CCCCC1. The van der Waals surface area contributed by atoms with E-state index in [-0.39, 0.29) is 0 Å². The van der Waals surface area contributed by atoms with Gasteiger partial charge >= 0.3 is 0 Å². The molecule has 0 bridgehead atoms. The van der Waals surface area contributed by atoms with E-state index in [2.05, 4.69) is 36.6 Å². The van der Waals surface area contributed by atoms with Crippen molar-refractivity contribution >= 4 is 28.1 Å². The molecule has 1 heterocycles. The van der Waals surface area contributed by atoms with Crippen LogP contribution in [0.4, 0.5) is 5.00 Å². The molecule has 0 aliphatic heterocycles. The van der Waals surface area contributed by atoms with Gasteiger partial charge in [-0.15, -0.1) is 23.1 Å². The highest BCUT2D eigenvalue weighted by Gasteiger charge is 2.25. The molecule has 1 nitrogen and oxygen atoms in total. The van der Waals surface area contributed by atoms with Crippen molar-refractivity contribution in [2.45, 2.75) is 42.2 Å². The van der Waals surface area contributed by atoms with Crippen LogP contribution in [0.2, 0.25) is 0 Å². The zero-order valence-corrected chi connectivity index (χ0v) is 13.5. The summed E-state index contributed by atoms with van der Waals surface area (Å²) in [6.45, 7) is 0. The first-order chi connectivity index (χ1) is 9.81. The Morgan fingerprint density at radius 3 is 2.45 bits per heavy atom. The Kier molecular flexibility index (Phi) is 4.37. The molecular weight excluding hydrogens is 282 g/mol. The zero-order chi connectivity index (χ0) is 13.9. The molecule has 1 aliphatic rings. The number of anilines is 1. The van der Waals surface area contributed by atoms with Gasteiger partial charge in [0.1, 0.15) is 0 Å². The Morgan fingerprint density at radius 2 is 1.80 bits per heavy atom. The van der Waals surface area contributed by atoms with Crippen LogP contribution in [0.1, 0.15) is 43.6 Å².